The van der Waals surface area contributed by atoms with E-state index in [0.717, 1.165) is 98.6 Å². The van der Waals surface area contributed by atoms with E-state index in [9.17, 15) is 36.6 Å². The molecule has 16 nitrogen and oxygen atoms in total. The van der Waals surface area contributed by atoms with Gasteiger partial charge in [-0.2, -0.15) is 0 Å². The summed E-state index contributed by atoms with van der Waals surface area (Å²) in [5.74, 6) is 1.97. The fourth-order valence-electron chi connectivity index (χ4n) is 8.65. The maximum Gasteiger partial charge on any atom is 0.319 e. The highest BCUT2D eigenvalue weighted by Crippen LogP contribution is 2.42. The van der Waals surface area contributed by atoms with Crippen molar-refractivity contribution in [1.29, 1.82) is 0 Å². The Bertz CT molecular complexity index is 2360. The number of nitrogens with one attached hydrogen (secondary N) is 6. The second kappa shape index (κ2) is 21.2. The molecule has 8 N–H and O–H groups in total. The van der Waals surface area contributed by atoms with Crippen molar-refractivity contribution < 1.29 is 45.5 Å². The third-order valence-electron chi connectivity index (χ3n) is 11.7. The van der Waals surface area contributed by atoms with Crippen LogP contribution in [0.1, 0.15) is 112 Å². The van der Waals surface area contributed by atoms with Gasteiger partial charge in [0.05, 0.1) is 44.0 Å². The Kier molecular flexibility index (Phi) is 16.8. The molecule has 0 radical (unpaired) electrons. The number of amides is 4. The molecule has 0 saturated carbocycles. The minimum absolute atomic E-state index is 0. The Morgan fingerprint density at radius 3 is 1.39 bits per heavy atom. The number of aromatic hydroxyl groups is 2. The normalized spacial score (nSPS) is 20.7. The number of benzene rings is 2. The summed E-state index contributed by atoms with van der Waals surface area (Å²) in [6.07, 6.45) is 7.51. The zero-order valence-electron chi connectivity index (χ0n) is 34.4. The summed E-state index contributed by atoms with van der Waals surface area (Å²) in [5.41, 5.74) is 2.13. The monoisotopic (exact) mass is 966 g/mol. The van der Waals surface area contributed by atoms with E-state index in [-0.39, 0.29) is 58.1 Å². The molecule has 8 rings (SSSR count). The third-order valence-corrected chi connectivity index (χ3v) is 17.0. The van der Waals surface area contributed by atoms with Gasteiger partial charge in [-0.05, 0) is 139 Å². The molecule has 20 heteroatoms. The highest BCUT2D eigenvalue weighted by molar-refractivity contribution is 7.92. The highest BCUT2D eigenvalue weighted by Gasteiger charge is 2.36. The molecule has 4 heterocycles. The van der Waals surface area contributed by atoms with Gasteiger partial charge in [-0.3, -0.25) is 0 Å². The van der Waals surface area contributed by atoms with E-state index in [1.807, 2.05) is 26.0 Å². The molecule has 0 unspecified atom stereocenters. The van der Waals surface area contributed by atoms with Crippen LogP contribution in [0.25, 0.3) is 0 Å². The molecule has 0 spiro atoms. The molecule has 4 aliphatic rings. The van der Waals surface area contributed by atoms with Crippen LogP contribution >= 0.6 is 23.2 Å². The SMILES string of the molecule is C.C.Cc1cc2c(o1)[C@@H](NC(=O)Nc1ccc(Cl)c(S(=O)(=O)[C@H]3CCCNC3)c1O)CCC2.Cc1cc2c(o1)[C@H](NC(=O)Nc1ccc(Cl)c(S(=O)(=O)[C@H]3CCCNC3)c1O)CCC2. The van der Waals surface area contributed by atoms with Crippen LogP contribution in [-0.2, 0) is 32.5 Å². The zero-order chi connectivity index (χ0) is 44.3. The molecule has 2 aliphatic heterocycles. The molecular formula is C44H60Cl2N6O10S2. The summed E-state index contributed by atoms with van der Waals surface area (Å²) in [5, 5.41) is 36.8. The molecule has 0 bridgehead atoms. The van der Waals surface area contributed by atoms with Crippen molar-refractivity contribution in [2.45, 2.75) is 125 Å². The van der Waals surface area contributed by atoms with Crippen molar-refractivity contribution in [2.75, 3.05) is 36.8 Å². The van der Waals surface area contributed by atoms with Gasteiger partial charge in [-0.25, -0.2) is 26.4 Å². The Labute approximate surface area is 385 Å². The van der Waals surface area contributed by atoms with E-state index in [4.69, 9.17) is 32.0 Å². The number of aryl methyl sites for hydroxylation is 4. The number of furan rings is 2. The predicted molar refractivity (Wildman–Crippen MR) is 248 cm³/mol. The lowest BCUT2D eigenvalue weighted by atomic mass is 9.94. The van der Waals surface area contributed by atoms with Gasteiger partial charge in [0.2, 0.25) is 0 Å². The number of phenols is 2. The summed E-state index contributed by atoms with van der Waals surface area (Å²) < 4.78 is 63.9. The molecule has 4 amide bonds. The second-order valence-electron chi connectivity index (χ2n) is 16.2. The maximum atomic E-state index is 13.1. The van der Waals surface area contributed by atoms with Gasteiger partial charge >= 0.3 is 12.1 Å². The average Bonchev–Trinajstić information content (AvgIpc) is 3.83. The fraction of sp³-hybridized carbons (Fsp3) is 0.500. The number of fused-ring (bicyclic) bond motifs is 2. The van der Waals surface area contributed by atoms with E-state index >= 15 is 0 Å². The number of anilines is 2. The number of hydrogen-bond donors (Lipinski definition) is 8. The first-order valence-corrected chi connectivity index (χ1v) is 24.6. The van der Waals surface area contributed by atoms with Gasteiger partial charge < -0.3 is 50.9 Å². The summed E-state index contributed by atoms with van der Waals surface area (Å²) in [6, 6.07) is 7.76. The largest absolute Gasteiger partial charge is 0.504 e. The minimum atomic E-state index is -3.88. The van der Waals surface area contributed by atoms with Crippen molar-refractivity contribution in [2.24, 2.45) is 0 Å². The molecule has 2 aliphatic carbocycles. The number of carbonyl (C=O) groups excluding carboxylic acids is 2. The van der Waals surface area contributed by atoms with Crippen LogP contribution in [-0.4, -0.2) is 75.8 Å². The van der Waals surface area contributed by atoms with E-state index < -0.39 is 53.7 Å². The van der Waals surface area contributed by atoms with Crippen molar-refractivity contribution in [3.63, 3.8) is 0 Å². The maximum absolute atomic E-state index is 13.1. The van der Waals surface area contributed by atoms with Crippen LogP contribution in [0.2, 0.25) is 10.0 Å². The number of rotatable bonds is 8. The number of carbonyl (C=O) groups is 2. The van der Waals surface area contributed by atoms with Gasteiger partial charge in [0.25, 0.3) is 0 Å². The highest BCUT2D eigenvalue weighted by atomic mass is 35.5. The van der Waals surface area contributed by atoms with E-state index in [1.54, 1.807) is 0 Å². The Morgan fingerprint density at radius 2 is 1.03 bits per heavy atom. The molecule has 352 valence electrons. The number of halogens is 2. The molecular weight excluding hydrogens is 908 g/mol. The Morgan fingerprint density at radius 1 is 0.641 bits per heavy atom. The van der Waals surface area contributed by atoms with Crippen LogP contribution in [0.3, 0.4) is 0 Å². The summed E-state index contributed by atoms with van der Waals surface area (Å²) >= 11 is 12.3. The molecule has 4 aromatic rings. The van der Waals surface area contributed by atoms with E-state index in [0.29, 0.717) is 25.9 Å². The molecule has 2 aromatic carbocycles. The number of piperidine rings is 2. The van der Waals surface area contributed by atoms with Gasteiger partial charge in [0.1, 0.15) is 32.8 Å². The van der Waals surface area contributed by atoms with Crippen molar-refractivity contribution in [3.05, 3.63) is 80.6 Å². The predicted octanol–water partition coefficient (Wildman–Crippen LogP) is 8.62. The van der Waals surface area contributed by atoms with Crippen LogP contribution in [0.15, 0.2) is 55.0 Å². The van der Waals surface area contributed by atoms with Gasteiger partial charge in [0, 0.05) is 13.1 Å². The van der Waals surface area contributed by atoms with Crippen molar-refractivity contribution in [1.82, 2.24) is 21.3 Å². The van der Waals surface area contributed by atoms with E-state index in [2.05, 4.69) is 31.9 Å². The summed E-state index contributed by atoms with van der Waals surface area (Å²) in [6.45, 7) is 5.83. The minimum Gasteiger partial charge on any atom is -0.504 e. The summed E-state index contributed by atoms with van der Waals surface area (Å²) in [7, 11) is -7.75. The van der Waals surface area contributed by atoms with E-state index in [1.165, 1.54) is 24.3 Å². The third kappa shape index (κ3) is 11.0. The zero-order valence-corrected chi connectivity index (χ0v) is 37.6. The molecule has 2 fully saturated rings. The fourth-order valence-corrected chi connectivity index (χ4v) is 13.3. The number of hydrogen-bond acceptors (Lipinski definition) is 12. The van der Waals surface area contributed by atoms with Crippen LogP contribution in [0.4, 0.5) is 21.0 Å². The Balaban J connectivity index is 0.000000234. The summed E-state index contributed by atoms with van der Waals surface area (Å²) in [4.78, 5) is 24.6. The van der Waals surface area contributed by atoms with Gasteiger partial charge in [-0.15, -0.1) is 0 Å². The first-order chi connectivity index (χ1) is 29.5. The van der Waals surface area contributed by atoms with Crippen molar-refractivity contribution >= 4 is 66.3 Å². The number of urea groups is 2. The second-order valence-corrected chi connectivity index (χ2v) is 21.3. The number of sulfone groups is 2. The first kappa shape index (κ1) is 50.5. The topological polar surface area (TPSA) is 241 Å². The molecule has 64 heavy (non-hydrogen) atoms. The molecule has 2 aromatic heterocycles. The molecule has 2 saturated heterocycles. The number of phenolic OH excluding ortho intramolecular Hbond substituents is 2. The van der Waals surface area contributed by atoms with Crippen LogP contribution < -0.4 is 31.9 Å². The van der Waals surface area contributed by atoms with Gasteiger partial charge in [-0.1, -0.05) is 38.1 Å². The lowest BCUT2D eigenvalue weighted by Gasteiger charge is -2.24. The van der Waals surface area contributed by atoms with Crippen LogP contribution in [0, 0.1) is 13.8 Å². The van der Waals surface area contributed by atoms with Crippen LogP contribution in [0.5, 0.6) is 11.5 Å². The quantitative estimate of drug-likeness (QED) is 0.0775. The standard InChI is InChI=1S/2C21H26ClN3O5S.2CH4/c2*1-12-10-13-4-2-6-17(19(13)30-12)25-21(27)24-16-8-7-15(22)20(18(16)26)31(28,29)14-5-3-9-23-11-14;;/h2*7-8,10,14,17,23,26H,2-6,9,11H2,1H3,(H2,24,25,27);2*1H4/t14-,17+;14-,17-;;/m00../s1. The van der Waals surface area contributed by atoms with Crippen molar-refractivity contribution in [3.8, 4) is 11.5 Å². The Hall–Kier alpha value is -4.46. The smallest absolute Gasteiger partial charge is 0.319 e. The lowest BCUT2D eigenvalue weighted by Crippen LogP contribution is -2.39. The first-order valence-electron chi connectivity index (χ1n) is 20.8. The lowest BCUT2D eigenvalue weighted by molar-refractivity contribution is 0.243. The average molecular weight is 968 g/mol. The molecule has 4 atom stereocenters. The van der Waals surface area contributed by atoms with Gasteiger partial charge in [0.15, 0.2) is 31.2 Å².